The summed E-state index contributed by atoms with van der Waals surface area (Å²) in [5, 5.41) is 0. The molecule has 3 aliphatic rings. The predicted octanol–water partition coefficient (Wildman–Crippen LogP) is 1.52. The highest BCUT2D eigenvalue weighted by Gasteiger charge is 2.27. The van der Waals surface area contributed by atoms with Gasteiger partial charge in [-0.2, -0.15) is 8.61 Å². The van der Waals surface area contributed by atoms with Crippen LogP contribution in [0.4, 0.5) is 0 Å². The van der Waals surface area contributed by atoms with Gasteiger partial charge in [0.15, 0.2) is 0 Å². The highest BCUT2D eigenvalue weighted by molar-refractivity contribution is 7.89. The summed E-state index contributed by atoms with van der Waals surface area (Å²) in [6.07, 6.45) is 6.86. The average molecular weight is 659 g/mol. The van der Waals surface area contributed by atoms with Crippen molar-refractivity contribution in [2.45, 2.75) is 16.2 Å². The number of hydrogen-bond donors (Lipinski definition) is 0. The maximum Gasteiger partial charge on any atom is 0.246 e. The molecule has 14 heteroatoms. The molecule has 0 saturated carbocycles. The Hall–Kier alpha value is -3.40. The zero-order chi connectivity index (χ0) is 31.9. The second kappa shape index (κ2) is 14.8. The number of rotatable bonds is 8. The van der Waals surface area contributed by atoms with Crippen LogP contribution in [0.1, 0.15) is 17.5 Å². The molecule has 2 aromatic carbocycles. The van der Waals surface area contributed by atoms with E-state index in [1.54, 1.807) is 70.5 Å². The molecule has 0 aliphatic carbocycles. The fourth-order valence-corrected chi connectivity index (χ4v) is 8.09. The van der Waals surface area contributed by atoms with Crippen molar-refractivity contribution in [2.75, 3.05) is 78.8 Å². The molecule has 3 saturated heterocycles. The standard InChI is InChI=1S/C31H38N4O8S2/c36-30(12-6-26-2-8-28(9-3-26)44(38,39)34-18-22-42-23-19-34)32-14-1-15-33(17-16-32)31(37)13-7-27-4-10-29(11-5-27)45(40,41)35-20-24-43-25-21-35/h2-13H,1,14-25H2. The van der Waals surface area contributed by atoms with Crippen LogP contribution in [0.15, 0.2) is 70.5 Å². The number of carbonyl (C=O) groups excluding carboxylic acids is 2. The second-order valence-corrected chi connectivity index (χ2v) is 14.7. The lowest BCUT2D eigenvalue weighted by atomic mass is 10.2. The topological polar surface area (TPSA) is 134 Å². The fraction of sp³-hybridized carbons (Fsp3) is 0.419. The monoisotopic (exact) mass is 658 g/mol. The van der Waals surface area contributed by atoms with Crippen LogP contribution in [0, 0.1) is 0 Å². The van der Waals surface area contributed by atoms with Gasteiger partial charge in [0, 0.05) is 64.5 Å². The maximum atomic E-state index is 12.9. The molecule has 0 bridgehead atoms. The zero-order valence-electron chi connectivity index (χ0n) is 25.0. The van der Waals surface area contributed by atoms with E-state index in [1.807, 2.05) is 0 Å². The summed E-state index contributed by atoms with van der Waals surface area (Å²) in [5.74, 6) is -0.367. The molecule has 0 unspecified atom stereocenters. The molecular formula is C31H38N4O8S2. The molecule has 0 N–H and O–H groups in total. The Morgan fingerprint density at radius 3 is 1.24 bits per heavy atom. The van der Waals surface area contributed by atoms with Crippen LogP contribution in [-0.4, -0.2) is 126 Å². The van der Waals surface area contributed by atoms with Crippen molar-refractivity contribution in [3.8, 4) is 0 Å². The van der Waals surface area contributed by atoms with E-state index in [0.29, 0.717) is 96.3 Å². The first-order valence-corrected chi connectivity index (χ1v) is 17.8. The van der Waals surface area contributed by atoms with Crippen LogP contribution in [-0.2, 0) is 39.1 Å². The second-order valence-electron chi connectivity index (χ2n) is 10.8. The molecular weight excluding hydrogens is 620 g/mol. The summed E-state index contributed by atoms with van der Waals surface area (Å²) in [5.41, 5.74) is 1.40. The lowest BCUT2D eigenvalue weighted by Gasteiger charge is -2.26. The quantitative estimate of drug-likeness (QED) is 0.390. The van der Waals surface area contributed by atoms with Crippen LogP contribution in [0.3, 0.4) is 0 Å². The molecule has 2 amide bonds. The normalized spacial score (nSPS) is 19.6. The predicted molar refractivity (Wildman–Crippen MR) is 168 cm³/mol. The summed E-state index contributed by atoms with van der Waals surface area (Å²) in [6, 6.07) is 12.8. The van der Waals surface area contributed by atoms with E-state index < -0.39 is 20.0 Å². The number of morpholine rings is 2. The maximum absolute atomic E-state index is 12.9. The molecule has 5 rings (SSSR count). The van der Waals surface area contributed by atoms with Crippen LogP contribution in [0.25, 0.3) is 12.2 Å². The zero-order valence-corrected chi connectivity index (χ0v) is 26.6. The third kappa shape index (κ3) is 8.26. The highest BCUT2D eigenvalue weighted by atomic mass is 32.2. The van der Waals surface area contributed by atoms with Crippen LogP contribution >= 0.6 is 0 Å². The number of carbonyl (C=O) groups is 2. The van der Waals surface area contributed by atoms with Gasteiger partial charge >= 0.3 is 0 Å². The number of sulfonamides is 2. The minimum atomic E-state index is -3.58. The Bertz CT molecular complexity index is 1490. The van der Waals surface area contributed by atoms with Crippen molar-refractivity contribution in [1.29, 1.82) is 0 Å². The Kier molecular flexibility index (Phi) is 10.8. The number of nitrogens with zero attached hydrogens (tertiary/aromatic N) is 4. The van der Waals surface area contributed by atoms with Crippen molar-refractivity contribution < 1.29 is 35.9 Å². The van der Waals surface area contributed by atoms with Crippen LogP contribution in [0.2, 0.25) is 0 Å². The van der Waals surface area contributed by atoms with Gasteiger partial charge in [-0.1, -0.05) is 24.3 Å². The van der Waals surface area contributed by atoms with Gasteiger partial charge in [0.05, 0.1) is 36.2 Å². The average Bonchev–Trinajstić information content (AvgIpc) is 3.34. The van der Waals surface area contributed by atoms with E-state index in [2.05, 4.69) is 0 Å². The first-order chi connectivity index (χ1) is 21.6. The van der Waals surface area contributed by atoms with E-state index in [-0.39, 0.29) is 21.6 Å². The molecule has 0 atom stereocenters. The fourth-order valence-electron chi connectivity index (χ4n) is 5.28. The van der Waals surface area contributed by atoms with Crippen molar-refractivity contribution in [1.82, 2.24) is 18.4 Å². The Labute approximate surface area is 264 Å². The number of hydrogen-bond acceptors (Lipinski definition) is 8. The minimum Gasteiger partial charge on any atom is -0.379 e. The first-order valence-electron chi connectivity index (χ1n) is 14.9. The third-order valence-corrected chi connectivity index (χ3v) is 11.8. The SMILES string of the molecule is O=C(C=Cc1ccc(S(=O)(=O)N2CCOCC2)cc1)N1CCCN(C(=O)C=Cc2ccc(S(=O)(=O)N3CCOCC3)cc2)CC1. The highest BCUT2D eigenvalue weighted by Crippen LogP contribution is 2.20. The number of amides is 2. The molecule has 3 fully saturated rings. The number of ether oxygens (including phenoxy) is 2. The summed E-state index contributed by atoms with van der Waals surface area (Å²) in [6.45, 7) is 4.59. The Balaban J connectivity index is 1.11. The molecule has 242 valence electrons. The van der Waals surface area contributed by atoms with E-state index in [4.69, 9.17) is 9.47 Å². The van der Waals surface area contributed by atoms with Gasteiger partial charge in [0.2, 0.25) is 31.9 Å². The molecule has 45 heavy (non-hydrogen) atoms. The molecule has 0 spiro atoms. The van der Waals surface area contributed by atoms with E-state index in [1.165, 1.54) is 20.8 Å². The third-order valence-electron chi connectivity index (χ3n) is 7.93. The minimum absolute atomic E-state index is 0.183. The number of benzene rings is 2. The van der Waals surface area contributed by atoms with Gasteiger partial charge < -0.3 is 19.3 Å². The van der Waals surface area contributed by atoms with Crippen molar-refractivity contribution in [3.63, 3.8) is 0 Å². The Morgan fingerprint density at radius 1 is 0.533 bits per heavy atom. The van der Waals surface area contributed by atoms with E-state index >= 15 is 0 Å². The molecule has 12 nitrogen and oxygen atoms in total. The van der Waals surface area contributed by atoms with E-state index in [9.17, 15) is 26.4 Å². The van der Waals surface area contributed by atoms with Gasteiger partial charge in [-0.05, 0) is 54.0 Å². The van der Waals surface area contributed by atoms with Crippen LogP contribution < -0.4 is 0 Å². The summed E-state index contributed by atoms with van der Waals surface area (Å²) in [7, 11) is -7.17. The summed E-state index contributed by atoms with van der Waals surface area (Å²) < 4.78 is 64.6. The Morgan fingerprint density at radius 2 is 0.889 bits per heavy atom. The largest absolute Gasteiger partial charge is 0.379 e. The summed E-state index contributed by atoms with van der Waals surface area (Å²) >= 11 is 0. The van der Waals surface area contributed by atoms with Crippen molar-refractivity contribution in [2.24, 2.45) is 0 Å². The van der Waals surface area contributed by atoms with E-state index in [0.717, 1.165) is 0 Å². The summed E-state index contributed by atoms with van der Waals surface area (Å²) in [4.78, 5) is 29.6. The lowest BCUT2D eigenvalue weighted by molar-refractivity contribution is -0.128. The van der Waals surface area contributed by atoms with Gasteiger partial charge in [0.25, 0.3) is 0 Å². The molecule has 3 aliphatic heterocycles. The van der Waals surface area contributed by atoms with Gasteiger partial charge in [-0.25, -0.2) is 16.8 Å². The molecule has 0 radical (unpaired) electrons. The van der Waals surface area contributed by atoms with Crippen LogP contribution in [0.5, 0.6) is 0 Å². The molecule has 3 heterocycles. The van der Waals surface area contributed by atoms with Gasteiger partial charge in [-0.3, -0.25) is 9.59 Å². The van der Waals surface area contributed by atoms with Crippen molar-refractivity contribution >= 4 is 44.0 Å². The smallest absolute Gasteiger partial charge is 0.246 e. The van der Waals surface area contributed by atoms with Crippen molar-refractivity contribution in [3.05, 3.63) is 71.8 Å². The molecule has 2 aromatic rings. The first kappa shape index (κ1) is 33.0. The molecule has 0 aromatic heterocycles. The van der Waals surface area contributed by atoms with Gasteiger partial charge in [0.1, 0.15) is 0 Å². The van der Waals surface area contributed by atoms with Gasteiger partial charge in [-0.15, -0.1) is 0 Å². The lowest BCUT2D eigenvalue weighted by Crippen LogP contribution is -2.40.